The van der Waals surface area contributed by atoms with Gasteiger partial charge in [0.15, 0.2) is 0 Å². The number of rotatable bonds is 1. The SMILES string of the molecule is Cc1cc2c(n1-c1cc(F)cc(Cl)c1)CCCC2N. The molecule has 1 unspecified atom stereocenters. The lowest BCUT2D eigenvalue weighted by atomic mass is 9.93. The highest BCUT2D eigenvalue weighted by molar-refractivity contribution is 6.30. The lowest BCUT2D eigenvalue weighted by Crippen LogP contribution is -2.18. The van der Waals surface area contributed by atoms with E-state index in [0.717, 1.165) is 30.6 Å². The molecule has 1 heterocycles. The molecule has 19 heavy (non-hydrogen) atoms. The summed E-state index contributed by atoms with van der Waals surface area (Å²) in [6, 6.07) is 6.82. The van der Waals surface area contributed by atoms with Gasteiger partial charge in [-0.1, -0.05) is 11.6 Å². The van der Waals surface area contributed by atoms with Gasteiger partial charge in [0, 0.05) is 28.1 Å². The first kappa shape index (κ1) is 12.7. The van der Waals surface area contributed by atoms with E-state index in [2.05, 4.69) is 10.6 Å². The van der Waals surface area contributed by atoms with Gasteiger partial charge in [-0.2, -0.15) is 0 Å². The molecule has 4 heteroatoms. The van der Waals surface area contributed by atoms with Crippen molar-refractivity contribution >= 4 is 11.6 Å². The number of hydrogen-bond donors (Lipinski definition) is 1. The number of hydrogen-bond acceptors (Lipinski definition) is 1. The fourth-order valence-corrected chi connectivity index (χ4v) is 3.18. The van der Waals surface area contributed by atoms with Gasteiger partial charge in [-0.05, 0) is 56.0 Å². The maximum atomic E-state index is 13.5. The zero-order chi connectivity index (χ0) is 13.6. The maximum Gasteiger partial charge on any atom is 0.126 e. The van der Waals surface area contributed by atoms with Crippen LogP contribution < -0.4 is 5.73 Å². The average Bonchev–Trinajstić information content (AvgIpc) is 2.65. The molecule has 1 aromatic carbocycles. The second-order valence-corrected chi connectivity index (χ2v) is 5.59. The Hall–Kier alpha value is -1.32. The maximum absolute atomic E-state index is 13.5. The minimum absolute atomic E-state index is 0.0905. The van der Waals surface area contributed by atoms with E-state index in [1.807, 2.05) is 6.92 Å². The van der Waals surface area contributed by atoms with Gasteiger partial charge in [0.25, 0.3) is 0 Å². The molecule has 3 rings (SSSR count). The van der Waals surface area contributed by atoms with Crippen molar-refractivity contribution in [2.75, 3.05) is 0 Å². The second kappa shape index (κ2) is 4.66. The van der Waals surface area contributed by atoms with Crippen molar-refractivity contribution in [2.24, 2.45) is 5.73 Å². The van der Waals surface area contributed by atoms with Gasteiger partial charge in [-0.15, -0.1) is 0 Å². The summed E-state index contributed by atoms with van der Waals surface area (Å²) in [5, 5.41) is 0.414. The van der Waals surface area contributed by atoms with Crippen molar-refractivity contribution in [2.45, 2.75) is 32.2 Å². The fourth-order valence-electron chi connectivity index (χ4n) is 2.96. The molecule has 1 atom stereocenters. The van der Waals surface area contributed by atoms with Crippen LogP contribution in [0.25, 0.3) is 5.69 Å². The summed E-state index contributed by atoms with van der Waals surface area (Å²) in [5.41, 5.74) is 10.4. The minimum Gasteiger partial charge on any atom is -0.324 e. The Balaban J connectivity index is 2.20. The molecule has 2 aromatic rings. The molecule has 0 spiro atoms. The van der Waals surface area contributed by atoms with Crippen molar-refractivity contribution in [1.29, 1.82) is 0 Å². The number of fused-ring (bicyclic) bond motifs is 1. The van der Waals surface area contributed by atoms with E-state index in [1.54, 1.807) is 6.07 Å². The number of halogens is 2. The van der Waals surface area contributed by atoms with Crippen LogP contribution in [0.15, 0.2) is 24.3 Å². The molecule has 0 saturated carbocycles. The van der Waals surface area contributed by atoms with Crippen LogP contribution in [0.2, 0.25) is 5.02 Å². The molecule has 0 bridgehead atoms. The third kappa shape index (κ3) is 2.17. The molecule has 2 nitrogen and oxygen atoms in total. The van der Waals surface area contributed by atoms with Gasteiger partial charge in [-0.3, -0.25) is 0 Å². The standard InChI is InChI=1S/C15H16ClFN2/c1-9-5-13-14(18)3-2-4-15(13)19(9)12-7-10(16)6-11(17)8-12/h5-8,14H,2-4,18H2,1H3. The van der Waals surface area contributed by atoms with Crippen LogP contribution in [0.4, 0.5) is 4.39 Å². The molecule has 100 valence electrons. The fraction of sp³-hybridized carbons (Fsp3) is 0.333. The smallest absolute Gasteiger partial charge is 0.126 e. The van der Waals surface area contributed by atoms with Crippen LogP contribution in [0.1, 0.15) is 35.8 Å². The third-order valence-electron chi connectivity index (χ3n) is 3.75. The Bertz CT molecular complexity index is 613. The summed E-state index contributed by atoms with van der Waals surface area (Å²) in [4.78, 5) is 0. The summed E-state index contributed by atoms with van der Waals surface area (Å²) in [6.45, 7) is 2.02. The predicted octanol–water partition coefficient (Wildman–Crippen LogP) is 3.91. The van der Waals surface area contributed by atoms with E-state index in [1.165, 1.54) is 23.4 Å². The quantitative estimate of drug-likeness (QED) is 0.842. The normalized spacial score (nSPS) is 18.4. The summed E-state index contributed by atoms with van der Waals surface area (Å²) in [5.74, 6) is -0.315. The molecule has 0 aliphatic heterocycles. The molecule has 0 radical (unpaired) electrons. The van der Waals surface area contributed by atoms with E-state index in [9.17, 15) is 4.39 Å². The third-order valence-corrected chi connectivity index (χ3v) is 3.97. The van der Waals surface area contributed by atoms with Gasteiger partial charge in [0.2, 0.25) is 0 Å². The topological polar surface area (TPSA) is 30.9 Å². The Morgan fingerprint density at radius 1 is 1.32 bits per heavy atom. The molecule has 0 saturated heterocycles. The molecule has 1 aromatic heterocycles. The first-order valence-corrected chi connectivity index (χ1v) is 6.87. The van der Waals surface area contributed by atoms with Crippen molar-refractivity contribution in [1.82, 2.24) is 4.57 Å². The van der Waals surface area contributed by atoms with Gasteiger partial charge in [-0.25, -0.2) is 4.39 Å². The summed E-state index contributed by atoms with van der Waals surface area (Å²) in [7, 11) is 0. The zero-order valence-electron chi connectivity index (χ0n) is 10.8. The van der Waals surface area contributed by atoms with E-state index in [0.29, 0.717) is 5.02 Å². The van der Waals surface area contributed by atoms with Crippen molar-refractivity contribution in [3.8, 4) is 5.69 Å². The predicted molar refractivity (Wildman–Crippen MR) is 75.3 cm³/mol. The number of benzene rings is 1. The van der Waals surface area contributed by atoms with Crippen molar-refractivity contribution in [3.63, 3.8) is 0 Å². The minimum atomic E-state index is -0.315. The lowest BCUT2D eigenvalue weighted by molar-refractivity contribution is 0.559. The van der Waals surface area contributed by atoms with E-state index in [-0.39, 0.29) is 11.9 Å². The Morgan fingerprint density at radius 2 is 2.11 bits per heavy atom. The van der Waals surface area contributed by atoms with E-state index >= 15 is 0 Å². The summed E-state index contributed by atoms with van der Waals surface area (Å²) in [6.07, 6.45) is 3.06. The lowest BCUT2D eigenvalue weighted by Gasteiger charge is -2.21. The van der Waals surface area contributed by atoms with Crippen LogP contribution in [-0.2, 0) is 6.42 Å². The largest absolute Gasteiger partial charge is 0.324 e. The van der Waals surface area contributed by atoms with Gasteiger partial charge >= 0.3 is 0 Å². The summed E-state index contributed by atoms with van der Waals surface area (Å²) >= 11 is 5.95. The van der Waals surface area contributed by atoms with Crippen LogP contribution in [-0.4, -0.2) is 4.57 Å². The number of aryl methyl sites for hydroxylation is 1. The van der Waals surface area contributed by atoms with Crippen LogP contribution in [0.5, 0.6) is 0 Å². The first-order chi connectivity index (χ1) is 9.06. The molecule has 2 N–H and O–H groups in total. The number of nitrogens with two attached hydrogens (primary N) is 1. The van der Waals surface area contributed by atoms with Gasteiger partial charge in [0.05, 0.1) is 0 Å². The number of nitrogens with zero attached hydrogens (tertiary/aromatic N) is 1. The van der Waals surface area contributed by atoms with Gasteiger partial charge in [0.1, 0.15) is 5.82 Å². The van der Waals surface area contributed by atoms with Crippen LogP contribution >= 0.6 is 11.6 Å². The zero-order valence-corrected chi connectivity index (χ0v) is 11.5. The van der Waals surface area contributed by atoms with Crippen LogP contribution in [0, 0.1) is 12.7 Å². The molecule has 1 aliphatic carbocycles. The van der Waals surface area contributed by atoms with E-state index < -0.39 is 0 Å². The molecule has 0 fully saturated rings. The highest BCUT2D eigenvalue weighted by Crippen LogP contribution is 2.33. The van der Waals surface area contributed by atoms with Crippen LogP contribution in [0.3, 0.4) is 0 Å². The van der Waals surface area contributed by atoms with Crippen molar-refractivity contribution < 1.29 is 4.39 Å². The van der Waals surface area contributed by atoms with Gasteiger partial charge < -0.3 is 10.3 Å². The van der Waals surface area contributed by atoms with E-state index in [4.69, 9.17) is 17.3 Å². The average molecular weight is 279 g/mol. The van der Waals surface area contributed by atoms with Crippen molar-refractivity contribution in [3.05, 3.63) is 52.1 Å². The monoisotopic (exact) mass is 278 g/mol. The highest BCUT2D eigenvalue weighted by Gasteiger charge is 2.23. The molecule has 1 aliphatic rings. The Morgan fingerprint density at radius 3 is 2.84 bits per heavy atom. The first-order valence-electron chi connectivity index (χ1n) is 6.49. The summed E-state index contributed by atoms with van der Waals surface area (Å²) < 4.78 is 15.6. The number of aromatic nitrogens is 1. The second-order valence-electron chi connectivity index (χ2n) is 5.15. The molecule has 0 amide bonds. The highest BCUT2D eigenvalue weighted by atomic mass is 35.5. The molecular weight excluding hydrogens is 263 g/mol. The Labute approximate surface area is 117 Å². The Kier molecular flexibility index (Phi) is 3.11. The molecular formula is C15H16ClFN2.